The number of hydrogen-bond acceptors (Lipinski definition) is 4. The standard InChI is InChI=1S/C25H28N2O4S/c1-4-31-24-13-9-8-12-23(24)27(32(29,30)22-16-14-20(2)15-17-22)19-25(28)26(3)18-21-10-6-5-7-11-21/h5-17H,4,18-19H2,1-3H3. The molecule has 0 aliphatic heterocycles. The summed E-state index contributed by atoms with van der Waals surface area (Å²) < 4.78 is 34.0. The normalized spacial score (nSPS) is 11.1. The van der Waals surface area contributed by atoms with Gasteiger partial charge in [0.25, 0.3) is 10.0 Å². The molecular formula is C25H28N2O4S. The number of para-hydroxylation sites is 2. The maximum atomic E-state index is 13.6. The van der Waals surface area contributed by atoms with Crippen molar-refractivity contribution < 1.29 is 17.9 Å². The van der Waals surface area contributed by atoms with Gasteiger partial charge in [0.2, 0.25) is 5.91 Å². The number of hydrogen-bond donors (Lipinski definition) is 0. The third kappa shape index (κ3) is 5.48. The van der Waals surface area contributed by atoms with E-state index in [0.717, 1.165) is 15.4 Å². The van der Waals surface area contributed by atoms with Crippen molar-refractivity contribution >= 4 is 21.6 Å². The fourth-order valence-corrected chi connectivity index (χ4v) is 4.69. The molecule has 0 fully saturated rings. The Kier molecular flexibility index (Phi) is 7.53. The molecule has 0 atom stereocenters. The number of aryl methyl sites for hydroxylation is 1. The molecule has 0 N–H and O–H groups in total. The van der Waals surface area contributed by atoms with Crippen LogP contribution in [-0.2, 0) is 21.4 Å². The molecule has 3 aromatic carbocycles. The molecule has 1 amide bonds. The van der Waals surface area contributed by atoms with E-state index < -0.39 is 10.0 Å². The van der Waals surface area contributed by atoms with Gasteiger partial charge in [0.15, 0.2) is 0 Å². The van der Waals surface area contributed by atoms with Gasteiger partial charge in [0.05, 0.1) is 17.2 Å². The number of carbonyl (C=O) groups is 1. The molecule has 3 aromatic rings. The second-order valence-electron chi connectivity index (χ2n) is 7.46. The summed E-state index contributed by atoms with van der Waals surface area (Å²) in [5.74, 6) is 0.0834. The average molecular weight is 453 g/mol. The molecule has 0 saturated carbocycles. The first-order valence-electron chi connectivity index (χ1n) is 10.4. The number of likely N-dealkylation sites (N-methyl/N-ethyl adjacent to an activating group) is 1. The van der Waals surface area contributed by atoms with E-state index in [-0.39, 0.29) is 17.3 Å². The Morgan fingerprint density at radius 3 is 2.19 bits per heavy atom. The lowest BCUT2D eigenvalue weighted by Gasteiger charge is -2.28. The van der Waals surface area contributed by atoms with Crippen molar-refractivity contribution in [3.8, 4) is 5.75 Å². The predicted molar refractivity (Wildman–Crippen MR) is 126 cm³/mol. The first kappa shape index (κ1) is 23.3. The van der Waals surface area contributed by atoms with E-state index in [4.69, 9.17) is 4.74 Å². The monoisotopic (exact) mass is 452 g/mol. The third-order valence-electron chi connectivity index (χ3n) is 5.01. The molecule has 0 spiro atoms. The first-order valence-corrected chi connectivity index (χ1v) is 11.9. The van der Waals surface area contributed by atoms with E-state index in [1.165, 1.54) is 4.90 Å². The lowest BCUT2D eigenvalue weighted by molar-refractivity contribution is -0.128. The fourth-order valence-electron chi connectivity index (χ4n) is 3.27. The van der Waals surface area contributed by atoms with Crippen LogP contribution in [0.15, 0.2) is 83.8 Å². The van der Waals surface area contributed by atoms with Crippen LogP contribution in [0, 0.1) is 6.92 Å². The van der Waals surface area contributed by atoms with Crippen LogP contribution in [0.5, 0.6) is 5.75 Å². The van der Waals surface area contributed by atoms with E-state index in [1.54, 1.807) is 55.6 Å². The number of rotatable bonds is 9. The average Bonchev–Trinajstić information content (AvgIpc) is 2.79. The lowest BCUT2D eigenvalue weighted by Crippen LogP contribution is -2.41. The van der Waals surface area contributed by atoms with Crippen molar-refractivity contribution in [2.24, 2.45) is 0 Å². The smallest absolute Gasteiger partial charge is 0.264 e. The van der Waals surface area contributed by atoms with Gasteiger partial charge in [-0.25, -0.2) is 8.42 Å². The van der Waals surface area contributed by atoms with Crippen LogP contribution in [0.2, 0.25) is 0 Å². The Labute approximate surface area is 190 Å². The second-order valence-corrected chi connectivity index (χ2v) is 9.32. The van der Waals surface area contributed by atoms with Gasteiger partial charge in [-0.05, 0) is 43.7 Å². The summed E-state index contributed by atoms with van der Waals surface area (Å²) in [6.45, 7) is 4.13. The highest BCUT2D eigenvalue weighted by molar-refractivity contribution is 7.92. The number of amides is 1. The zero-order valence-electron chi connectivity index (χ0n) is 18.6. The molecular weight excluding hydrogens is 424 g/mol. The molecule has 0 aliphatic rings. The first-order chi connectivity index (χ1) is 15.3. The van der Waals surface area contributed by atoms with Crippen LogP contribution in [0.25, 0.3) is 0 Å². The van der Waals surface area contributed by atoms with Gasteiger partial charge in [-0.15, -0.1) is 0 Å². The number of ether oxygens (including phenoxy) is 1. The molecule has 0 radical (unpaired) electrons. The van der Waals surface area contributed by atoms with Crippen LogP contribution < -0.4 is 9.04 Å². The molecule has 168 valence electrons. The predicted octanol–water partition coefficient (Wildman–Crippen LogP) is 4.25. The number of anilines is 1. The minimum atomic E-state index is -4.01. The molecule has 0 unspecified atom stereocenters. The molecule has 0 aliphatic carbocycles. The van der Waals surface area contributed by atoms with E-state index in [9.17, 15) is 13.2 Å². The Morgan fingerprint density at radius 1 is 0.906 bits per heavy atom. The van der Waals surface area contributed by atoms with Crippen molar-refractivity contribution in [3.05, 3.63) is 90.0 Å². The highest BCUT2D eigenvalue weighted by Crippen LogP contribution is 2.32. The molecule has 3 rings (SSSR count). The minimum Gasteiger partial charge on any atom is -0.492 e. The van der Waals surface area contributed by atoms with Gasteiger partial charge in [0, 0.05) is 13.6 Å². The molecule has 7 heteroatoms. The van der Waals surface area contributed by atoms with Crippen molar-refractivity contribution in [2.45, 2.75) is 25.3 Å². The largest absolute Gasteiger partial charge is 0.492 e. The van der Waals surface area contributed by atoms with Crippen LogP contribution in [-0.4, -0.2) is 39.4 Å². The minimum absolute atomic E-state index is 0.118. The van der Waals surface area contributed by atoms with Crippen molar-refractivity contribution in [1.82, 2.24) is 4.90 Å². The summed E-state index contributed by atoms with van der Waals surface area (Å²) in [7, 11) is -2.34. The maximum Gasteiger partial charge on any atom is 0.264 e. The summed E-state index contributed by atoms with van der Waals surface area (Å²) in [6.07, 6.45) is 0. The third-order valence-corrected chi connectivity index (χ3v) is 6.78. The molecule has 32 heavy (non-hydrogen) atoms. The van der Waals surface area contributed by atoms with Crippen LogP contribution in [0.1, 0.15) is 18.1 Å². The van der Waals surface area contributed by atoms with Crippen LogP contribution in [0.4, 0.5) is 5.69 Å². The summed E-state index contributed by atoms with van der Waals surface area (Å²) in [4.78, 5) is 14.8. The summed E-state index contributed by atoms with van der Waals surface area (Å²) in [5, 5.41) is 0. The van der Waals surface area contributed by atoms with Crippen LogP contribution in [0.3, 0.4) is 0 Å². The fraction of sp³-hybridized carbons (Fsp3) is 0.240. The number of benzene rings is 3. The molecule has 0 bridgehead atoms. The highest BCUT2D eigenvalue weighted by atomic mass is 32.2. The zero-order chi connectivity index (χ0) is 23.1. The molecule has 0 aromatic heterocycles. The SMILES string of the molecule is CCOc1ccccc1N(CC(=O)N(C)Cc1ccccc1)S(=O)(=O)c1ccc(C)cc1. The van der Waals surface area contributed by atoms with Crippen LogP contribution >= 0.6 is 0 Å². The van der Waals surface area contributed by atoms with Crippen molar-refractivity contribution in [1.29, 1.82) is 0 Å². The quantitative estimate of drug-likeness (QED) is 0.487. The van der Waals surface area contributed by atoms with Gasteiger partial charge in [0.1, 0.15) is 12.3 Å². The summed E-state index contributed by atoms with van der Waals surface area (Å²) in [6, 6.07) is 23.0. The van der Waals surface area contributed by atoms with Gasteiger partial charge >= 0.3 is 0 Å². The second kappa shape index (κ2) is 10.3. The van der Waals surface area contributed by atoms with Crippen molar-refractivity contribution in [2.75, 3.05) is 24.5 Å². The Bertz CT molecular complexity index is 1150. The molecule has 6 nitrogen and oxygen atoms in total. The van der Waals surface area contributed by atoms with E-state index >= 15 is 0 Å². The Morgan fingerprint density at radius 2 is 1.53 bits per heavy atom. The molecule has 0 saturated heterocycles. The zero-order valence-corrected chi connectivity index (χ0v) is 19.4. The lowest BCUT2D eigenvalue weighted by atomic mass is 10.2. The number of nitrogens with zero attached hydrogens (tertiary/aromatic N) is 2. The van der Waals surface area contributed by atoms with Gasteiger partial charge in [-0.2, -0.15) is 0 Å². The Balaban J connectivity index is 1.97. The van der Waals surface area contributed by atoms with Crippen molar-refractivity contribution in [3.63, 3.8) is 0 Å². The maximum absolute atomic E-state index is 13.6. The van der Waals surface area contributed by atoms with E-state index in [0.29, 0.717) is 24.6 Å². The summed E-state index contributed by atoms with van der Waals surface area (Å²) >= 11 is 0. The van der Waals surface area contributed by atoms with Gasteiger partial charge < -0.3 is 9.64 Å². The topological polar surface area (TPSA) is 66.9 Å². The number of sulfonamides is 1. The Hall–Kier alpha value is -3.32. The van der Waals surface area contributed by atoms with E-state index in [1.807, 2.05) is 44.2 Å². The van der Waals surface area contributed by atoms with E-state index in [2.05, 4.69) is 0 Å². The molecule has 0 heterocycles. The highest BCUT2D eigenvalue weighted by Gasteiger charge is 2.30. The van der Waals surface area contributed by atoms with Gasteiger partial charge in [-0.1, -0.05) is 60.2 Å². The summed E-state index contributed by atoms with van der Waals surface area (Å²) in [5.41, 5.74) is 2.24. The number of carbonyl (C=O) groups excluding carboxylic acids is 1. The van der Waals surface area contributed by atoms with Gasteiger partial charge in [-0.3, -0.25) is 9.10 Å².